The summed E-state index contributed by atoms with van der Waals surface area (Å²) in [6.45, 7) is 28.1. The first-order valence-electron chi connectivity index (χ1n) is 19.3. The van der Waals surface area contributed by atoms with Gasteiger partial charge in [0.15, 0.2) is 6.20 Å². The minimum Gasteiger partial charge on any atom is -0.437 e. The average Bonchev–Trinajstić information content (AvgIpc) is 3.51. The fraction of sp³-hybridized carbons (Fsp3) is 0.312. The summed E-state index contributed by atoms with van der Waals surface area (Å²) in [6, 6.07) is 28.7. The SMILES string of the molecule is C=C/C1=N/C(=C)C2C(CCc3ccc4c(oc5nc(-c6ccccc6)ccc54)c31)c1ccc(C(C)(C)C)cc1-c1cc(CC(C)C)c([Si](C)(C)C)c[n+]12. The summed E-state index contributed by atoms with van der Waals surface area (Å²) in [5.41, 5.74) is 14.2. The summed E-state index contributed by atoms with van der Waals surface area (Å²) in [4.78, 5) is 10.4. The first-order chi connectivity index (χ1) is 25.2. The number of hydrogen-bond donors (Lipinski definition) is 0. The molecule has 0 amide bonds. The van der Waals surface area contributed by atoms with E-state index in [0.717, 1.165) is 63.8 Å². The topological polar surface area (TPSA) is 42.3 Å². The van der Waals surface area contributed by atoms with E-state index >= 15 is 0 Å². The minimum absolute atomic E-state index is 0.0355. The molecule has 6 aromatic rings. The number of pyridine rings is 2. The van der Waals surface area contributed by atoms with Crippen LogP contribution in [-0.2, 0) is 18.3 Å². The Hall–Kier alpha value is -4.87. The van der Waals surface area contributed by atoms with Crippen molar-refractivity contribution in [2.75, 3.05) is 0 Å². The van der Waals surface area contributed by atoms with Crippen LogP contribution in [0.3, 0.4) is 0 Å². The van der Waals surface area contributed by atoms with E-state index in [-0.39, 0.29) is 17.4 Å². The van der Waals surface area contributed by atoms with Crippen LogP contribution in [0.5, 0.6) is 0 Å². The van der Waals surface area contributed by atoms with Crippen molar-refractivity contribution in [3.63, 3.8) is 0 Å². The molecule has 0 aliphatic carbocycles. The Labute approximate surface area is 316 Å². The molecule has 2 aliphatic heterocycles. The molecule has 0 fully saturated rings. The van der Waals surface area contributed by atoms with Crippen LogP contribution in [0, 0.1) is 5.92 Å². The highest BCUT2D eigenvalue weighted by molar-refractivity contribution is 6.89. The van der Waals surface area contributed by atoms with E-state index in [9.17, 15) is 0 Å². The van der Waals surface area contributed by atoms with E-state index in [1.807, 2.05) is 24.3 Å². The van der Waals surface area contributed by atoms with Gasteiger partial charge in [-0.05, 0) is 77.1 Å². The van der Waals surface area contributed by atoms with Crippen LogP contribution in [0.25, 0.3) is 44.6 Å². The Morgan fingerprint density at radius 1 is 0.962 bits per heavy atom. The van der Waals surface area contributed by atoms with E-state index in [1.54, 1.807) is 0 Å². The Morgan fingerprint density at radius 2 is 1.72 bits per heavy atom. The van der Waals surface area contributed by atoms with Crippen LogP contribution in [0.4, 0.5) is 0 Å². The standard InChI is InChI=1S/C48H52N3OSi/c1-11-40-44-32(18-21-37-38-23-24-41(31-15-13-12-14-16-31)50-47(38)52-46(37)44)17-20-36-35-22-19-34(48(5,6)7)27-39(35)42-26-33(25-29(2)3)43(53(8,9)10)28-51(42)45(36)30(4)49-40/h11-16,18-19,21-24,26-29,36,45H,1,4,17,20,25H2,2-3,5-10H3/q+1/b49-40-. The van der Waals surface area contributed by atoms with E-state index < -0.39 is 8.07 Å². The van der Waals surface area contributed by atoms with Gasteiger partial charge in [-0.15, -0.1) is 0 Å². The largest absolute Gasteiger partial charge is 0.437 e. The van der Waals surface area contributed by atoms with Crippen LogP contribution < -0.4 is 9.75 Å². The second kappa shape index (κ2) is 12.9. The van der Waals surface area contributed by atoms with Crippen molar-refractivity contribution < 1.29 is 8.98 Å². The molecule has 0 saturated carbocycles. The van der Waals surface area contributed by atoms with Crippen molar-refractivity contribution in [3.05, 3.63) is 138 Å². The van der Waals surface area contributed by atoms with Crippen LogP contribution in [0.2, 0.25) is 19.6 Å². The normalized spacial score (nSPS) is 18.4. The third-order valence-electron chi connectivity index (χ3n) is 11.4. The van der Waals surface area contributed by atoms with E-state index in [2.05, 4.69) is 132 Å². The lowest BCUT2D eigenvalue weighted by Gasteiger charge is -2.33. The molecule has 4 nitrogen and oxygen atoms in total. The molecule has 268 valence electrons. The molecule has 5 heteroatoms. The molecule has 0 spiro atoms. The molecule has 0 saturated heterocycles. The molecule has 3 aromatic heterocycles. The van der Waals surface area contributed by atoms with Gasteiger partial charge >= 0.3 is 0 Å². The van der Waals surface area contributed by atoms with Gasteiger partial charge in [-0.3, -0.25) is 0 Å². The van der Waals surface area contributed by atoms with Crippen molar-refractivity contribution in [3.8, 4) is 22.5 Å². The molecule has 2 aliphatic rings. The van der Waals surface area contributed by atoms with E-state index in [1.165, 1.54) is 38.7 Å². The summed E-state index contributed by atoms with van der Waals surface area (Å²) in [7, 11) is -1.71. The van der Waals surface area contributed by atoms with Crippen LogP contribution in [0.15, 0.2) is 119 Å². The summed E-state index contributed by atoms with van der Waals surface area (Å²) in [5.74, 6) is 0.759. The number of nitrogens with zero attached hydrogens (tertiary/aromatic N) is 3. The smallest absolute Gasteiger partial charge is 0.227 e. The van der Waals surface area contributed by atoms with Crippen molar-refractivity contribution in [1.82, 2.24) is 4.98 Å². The highest BCUT2D eigenvalue weighted by atomic mass is 28.3. The second-order valence-electron chi connectivity index (χ2n) is 17.7. The lowest BCUT2D eigenvalue weighted by molar-refractivity contribution is -0.708. The fourth-order valence-electron chi connectivity index (χ4n) is 8.73. The van der Waals surface area contributed by atoms with Crippen LogP contribution in [0.1, 0.15) is 80.8 Å². The molecule has 3 aromatic carbocycles. The maximum atomic E-state index is 6.72. The first-order valence-corrected chi connectivity index (χ1v) is 22.8. The Kier molecular flexibility index (Phi) is 8.57. The van der Waals surface area contributed by atoms with Crippen LogP contribution in [-0.4, -0.2) is 18.8 Å². The first kappa shape index (κ1) is 35.2. The van der Waals surface area contributed by atoms with Crippen molar-refractivity contribution in [2.45, 2.75) is 90.9 Å². The molecule has 5 heterocycles. The summed E-state index contributed by atoms with van der Waals surface area (Å²) < 4.78 is 9.28. The predicted molar refractivity (Wildman–Crippen MR) is 225 cm³/mol. The minimum atomic E-state index is -1.71. The van der Waals surface area contributed by atoms with Gasteiger partial charge < -0.3 is 4.42 Å². The maximum absolute atomic E-state index is 6.72. The van der Waals surface area contributed by atoms with Gasteiger partial charge in [0.1, 0.15) is 11.3 Å². The highest BCUT2D eigenvalue weighted by Gasteiger charge is 2.44. The van der Waals surface area contributed by atoms with Gasteiger partial charge in [0, 0.05) is 33.2 Å². The number of benzene rings is 3. The van der Waals surface area contributed by atoms with Gasteiger partial charge in [-0.1, -0.05) is 122 Å². The van der Waals surface area contributed by atoms with Crippen LogP contribution >= 0.6 is 0 Å². The van der Waals surface area contributed by atoms with Gasteiger partial charge in [-0.2, -0.15) is 4.57 Å². The Bertz CT molecular complexity index is 2470. The van der Waals surface area contributed by atoms with Gasteiger partial charge in [0.2, 0.25) is 17.4 Å². The number of hydrogen-bond acceptors (Lipinski definition) is 3. The summed E-state index contributed by atoms with van der Waals surface area (Å²) in [6.07, 6.45) is 7.28. The molecule has 0 N–H and O–H groups in total. The fourth-order valence-corrected chi connectivity index (χ4v) is 10.4. The zero-order valence-corrected chi connectivity index (χ0v) is 33.7. The Morgan fingerprint density at radius 3 is 2.42 bits per heavy atom. The summed E-state index contributed by atoms with van der Waals surface area (Å²) in [5, 5.41) is 3.57. The number of furan rings is 1. The van der Waals surface area contributed by atoms with E-state index in [0.29, 0.717) is 11.6 Å². The highest BCUT2D eigenvalue weighted by Crippen LogP contribution is 2.46. The molecule has 2 unspecified atom stereocenters. The van der Waals surface area contributed by atoms with Crippen molar-refractivity contribution >= 4 is 41.0 Å². The number of fused-ring (bicyclic) bond motifs is 11. The van der Waals surface area contributed by atoms with E-state index in [4.69, 9.17) is 21.0 Å². The molecule has 8 rings (SSSR count). The maximum Gasteiger partial charge on any atom is 0.227 e. The lowest BCUT2D eigenvalue weighted by Crippen LogP contribution is -2.54. The second-order valence-corrected chi connectivity index (χ2v) is 22.7. The lowest BCUT2D eigenvalue weighted by atomic mass is 9.76. The molecular formula is C48H52N3OSi+. The zero-order valence-electron chi connectivity index (χ0n) is 32.7. The van der Waals surface area contributed by atoms with Gasteiger partial charge in [0.05, 0.1) is 31.0 Å². The number of aryl methyl sites for hydroxylation is 1. The third kappa shape index (κ3) is 6.13. The number of rotatable bonds is 5. The molecule has 0 bridgehead atoms. The quantitative estimate of drug-likeness (QED) is 0.132. The van der Waals surface area contributed by atoms with Gasteiger partial charge in [-0.25, -0.2) is 9.98 Å². The number of allylic oxidation sites excluding steroid dienone is 2. The Balaban J connectivity index is 1.34. The van der Waals surface area contributed by atoms with Crippen molar-refractivity contribution in [1.29, 1.82) is 0 Å². The molecule has 2 atom stereocenters. The molecule has 53 heavy (non-hydrogen) atoms. The predicted octanol–water partition coefficient (Wildman–Crippen LogP) is 11.4. The molecule has 0 radical (unpaired) electrons. The number of aliphatic imine (C=N–C) groups is 1. The van der Waals surface area contributed by atoms with Gasteiger partial charge in [0.25, 0.3) is 0 Å². The monoisotopic (exact) mass is 714 g/mol. The average molecular weight is 715 g/mol. The zero-order chi connectivity index (χ0) is 37.4. The van der Waals surface area contributed by atoms with Crippen molar-refractivity contribution in [2.24, 2.45) is 10.9 Å². The number of aromatic nitrogens is 2. The third-order valence-corrected chi connectivity index (χ3v) is 13.4. The summed E-state index contributed by atoms with van der Waals surface area (Å²) >= 11 is 0. The molecular weight excluding hydrogens is 663 g/mol.